The first-order valence-electron chi connectivity index (χ1n) is 6.27. The van der Waals surface area contributed by atoms with E-state index >= 15 is 0 Å². The summed E-state index contributed by atoms with van der Waals surface area (Å²) in [5.41, 5.74) is -1.00. The number of ether oxygens (including phenoxy) is 2. The first kappa shape index (κ1) is 16.6. The van der Waals surface area contributed by atoms with Crippen molar-refractivity contribution < 1.29 is 19.7 Å². The van der Waals surface area contributed by atoms with Crippen LogP contribution in [0.1, 0.15) is 27.7 Å². The molecule has 0 saturated carbocycles. The lowest BCUT2D eigenvalue weighted by Crippen LogP contribution is -2.51. The number of aliphatic hydroxyl groups excluding tert-OH is 2. The summed E-state index contributed by atoms with van der Waals surface area (Å²) in [5, 5.41) is 19.2. The fourth-order valence-corrected chi connectivity index (χ4v) is 4.95. The highest BCUT2D eigenvalue weighted by Gasteiger charge is 2.55. The van der Waals surface area contributed by atoms with Gasteiger partial charge in [0.15, 0.2) is 5.79 Å². The van der Waals surface area contributed by atoms with E-state index < -0.39 is 11.4 Å². The molecule has 0 aromatic heterocycles. The van der Waals surface area contributed by atoms with Crippen molar-refractivity contribution in [2.75, 3.05) is 24.7 Å². The van der Waals surface area contributed by atoms with E-state index in [1.54, 1.807) is 23.5 Å². The van der Waals surface area contributed by atoms with Crippen LogP contribution in [0.25, 0.3) is 0 Å². The Kier molecular flexibility index (Phi) is 6.28. The maximum atomic E-state index is 9.62. The normalized spacial score (nSPS) is 25.8. The molecule has 0 amide bonds. The van der Waals surface area contributed by atoms with Gasteiger partial charge in [-0.3, -0.25) is 0 Å². The molecule has 0 aromatic rings. The molecule has 0 spiro atoms. The molecule has 6 heteroatoms. The molecule has 1 atom stereocenters. The smallest absolute Gasteiger partial charge is 0.164 e. The van der Waals surface area contributed by atoms with Crippen LogP contribution >= 0.6 is 23.5 Å². The molecule has 18 heavy (non-hydrogen) atoms. The third-order valence-electron chi connectivity index (χ3n) is 2.82. The lowest BCUT2D eigenvalue weighted by molar-refractivity contribution is -0.178. The maximum absolute atomic E-state index is 9.62. The van der Waals surface area contributed by atoms with Crippen LogP contribution in [0.5, 0.6) is 0 Å². The molecular weight excluding hydrogens is 272 g/mol. The molecule has 0 radical (unpaired) electrons. The van der Waals surface area contributed by atoms with Crippen LogP contribution in [0.3, 0.4) is 0 Å². The molecule has 0 aromatic carbocycles. The highest BCUT2D eigenvalue weighted by Crippen LogP contribution is 2.44. The quantitative estimate of drug-likeness (QED) is 0.697. The monoisotopic (exact) mass is 296 g/mol. The van der Waals surface area contributed by atoms with Gasteiger partial charge in [0.25, 0.3) is 0 Å². The molecule has 1 aliphatic rings. The van der Waals surface area contributed by atoms with Crippen molar-refractivity contribution in [3.63, 3.8) is 0 Å². The highest BCUT2D eigenvalue weighted by molar-refractivity contribution is 8.17. The third kappa shape index (κ3) is 3.55. The molecule has 1 heterocycles. The van der Waals surface area contributed by atoms with Crippen LogP contribution in [-0.2, 0) is 9.47 Å². The van der Waals surface area contributed by atoms with Gasteiger partial charge in [-0.05, 0) is 25.4 Å². The Morgan fingerprint density at radius 2 is 1.61 bits per heavy atom. The van der Waals surface area contributed by atoms with Crippen molar-refractivity contribution >= 4 is 23.5 Å². The van der Waals surface area contributed by atoms with Gasteiger partial charge in [-0.1, -0.05) is 13.8 Å². The molecule has 4 nitrogen and oxygen atoms in total. The van der Waals surface area contributed by atoms with Crippen molar-refractivity contribution in [1.29, 1.82) is 0 Å². The number of hydrogen-bond acceptors (Lipinski definition) is 6. The van der Waals surface area contributed by atoms with E-state index in [0.29, 0.717) is 0 Å². The number of hydrogen-bond donors (Lipinski definition) is 2. The number of thioether (sulfide) groups is 2. The molecule has 1 rings (SSSR count). The first-order valence-corrected chi connectivity index (χ1v) is 8.37. The Morgan fingerprint density at radius 3 is 2.00 bits per heavy atom. The van der Waals surface area contributed by atoms with Crippen molar-refractivity contribution in [1.82, 2.24) is 0 Å². The second-order valence-corrected chi connectivity index (χ2v) is 7.84. The van der Waals surface area contributed by atoms with Crippen LogP contribution in [0.15, 0.2) is 0 Å². The van der Waals surface area contributed by atoms with Crippen molar-refractivity contribution in [2.45, 2.75) is 49.8 Å². The van der Waals surface area contributed by atoms with Crippen molar-refractivity contribution in [3.05, 3.63) is 0 Å². The number of rotatable bonds is 7. The fourth-order valence-electron chi connectivity index (χ4n) is 2.13. The summed E-state index contributed by atoms with van der Waals surface area (Å²) in [6.07, 6.45) is -0.308. The van der Waals surface area contributed by atoms with E-state index in [2.05, 4.69) is 13.8 Å². The Morgan fingerprint density at radius 1 is 1.11 bits per heavy atom. The summed E-state index contributed by atoms with van der Waals surface area (Å²) in [5.74, 6) is 1.16. The Bertz CT molecular complexity index is 250. The molecule has 108 valence electrons. The summed E-state index contributed by atoms with van der Waals surface area (Å²) in [6.45, 7) is 7.35. The van der Waals surface area contributed by atoms with Crippen LogP contribution in [0, 0.1) is 0 Å². The van der Waals surface area contributed by atoms with Crippen LogP contribution in [0.4, 0.5) is 0 Å². The lowest BCUT2D eigenvalue weighted by Gasteiger charge is -2.33. The van der Waals surface area contributed by atoms with Crippen LogP contribution in [0.2, 0.25) is 0 Å². The zero-order valence-corrected chi connectivity index (χ0v) is 13.1. The SMILES string of the molecule is CCSC(SCC)[C@@H]1OC(C)(C)OC1(CO)CO. The molecule has 0 unspecified atom stereocenters. The Labute approximate surface area is 118 Å². The van der Waals surface area contributed by atoms with Gasteiger partial charge < -0.3 is 19.7 Å². The Hall–Kier alpha value is 0.540. The standard InChI is InChI=1S/C12H24O4S2/c1-5-17-10(18-6-2)9-12(7-13,8-14)16-11(3,4)15-9/h9-10,13-14H,5-8H2,1-4H3/t9-/m0/s1. The highest BCUT2D eigenvalue weighted by atomic mass is 32.2. The zero-order valence-electron chi connectivity index (χ0n) is 11.5. The van der Waals surface area contributed by atoms with Gasteiger partial charge in [-0.25, -0.2) is 0 Å². The topological polar surface area (TPSA) is 58.9 Å². The third-order valence-corrected chi connectivity index (χ3v) is 5.46. The van der Waals surface area contributed by atoms with Gasteiger partial charge in [-0.15, -0.1) is 23.5 Å². The predicted octanol–water partition coefficient (Wildman–Crippen LogP) is 1.69. The van der Waals surface area contributed by atoms with E-state index in [4.69, 9.17) is 9.47 Å². The lowest BCUT2D eigenvalue weighted by atomic mass is 10.0. The fraction of sp³-hybridized carbons (Fsp3) is 1.00. The average Bonchev–Trinajstić information content (AvgIpc) is 2.61. The van der Waals surface area contributed by atoms with E-state index in [1.165, 1.54) is 0 Å². The molecule has 0 bridgehead atoms. The minimum Gasteiger partial charge on any atom is -0.393 e. The minimum atomic E-state index is -1.00. The van der Waals surface area contributed by atoms with Crippen molar-refractivity contribution in [2.24, 2.45) is 0 Å². The maximum Gasteiger partial charge on any atom is 0.164 e. The second-order valence-electron chi connectivity index (χ2n) is 4.70. The van der Waals surface area contributed by atoms with Crippen LogP contribution in [-0.4, -0.2) is 57.0 Å². The second kappa shape index (κ2) is 6.81. The molecule has 1 fully saturated rings. The predicted molar refractivity (Wildman–Crippen MR) is 77.0 cm³/mol. The molecular formula is C12H24O4S2. The zero-order chi connectivity index (χ0) is 13.8. The summed E-state index contributed by atoms with van der Waals surface area (Å²) in [7, 11) is 0. The summed E-state index contributed by atoms with van der Waals surface area (Å²) in [4.78, 5) is 0. The van der Waals surface area contributed by atoms with Crippen molar-refractivity contribution in [3.8, 4) is 0 Å². The summed E-state index contributed by atoms with van der Waals surface area (Å²) >= 11 is 3.54. The van der Waals surface area contributed by atoms with E-state index in [1.807, 2.05) is 13.8 Å². The summed E-state index contributed by atoms with van der Waals surface area (Å²) in [6, 6.07) is 0. The van der Waals surface area contributed by atoms with Gasteiger partial charge in [0.05, 0.1) is 17.8 Å². The molecule has 2 N–H and O–H groups in total. The average molecular weight is 296 g/mol. The van der Waals surface area contributed by atoms with Gasteiger partial charge in [0.1, 0.15) is 11.7 Å². The molecule has 1 saturated heterocycles. The Balaban J connectivity index is 2.93. The number of aliphatic hydroxyl groups is 2. The van der Waals surface area contributed by atoms with Gasteiger partial charge in [0, 0.05) is 0 Å². The molecule has 0 aliphatic carbocycles. The van der Waals surface area contributed by atoms with Gasteiger partial charge in [-0.2, -0.15) is 0 Å². The van der Waals surface area contributed by atoms with Gasteiger partial charge in [0.2, 0.25) is 0 Å². The largest absolute Gasteiger partial charge is 0.393 e. The van der Waals surface area contributed by atoms with E-state index in [9.17, 15) is 10.2 Å². The summed E-state index contributed by atoms with van der Waals surface area (Å²) < 4.78 is 11.9. The van der Waals surface area contributed by atoms with E-state index in [-0.39, 0.29) is 23.9 Å². The van der Waals surface area contributed by atoms with Crippen LogP contribution < -0.4 is 0 Å². The van der Waals surface area contributed by atoms with E-state index in [0.717, 1.165) is 11.5 Å². The first-order chi connectivity index (χ1) is 8.44. The molecule has 1 aliphatic heterocycles. The van der Waals surface area contributed by atoms with Gasteiger partial charge >= 0.3 is 0 Å². The minimum absolute atomic E-state index is 0.154.